The number of rotatable bonds is 6. The van der Waals surface area contributed by atoms with Gasteiger partial charge in [-0.05, 0) is 45.3 Å². The van der Waals surface area contributed by atoms with Crippen LogP contribution >= 0.6 is 12.4 Å². The fraction of sp³-hybridized carbons (Fsp3) is 0.600. The lowest BCUT2D eigenvalue weighted by atomic mass is 10.1. The van der Waals surface area contributed by atoms with Gasteiger partial charge < -0.3 is 5.32 Å². The number of hydrogen-bond acceptors (Lipinski definition) is 5. The summed E-state index contributed by atoms with van der Waals surface area (Å²) >= 11 is 0. The van der Waals surface area contributed by atoms with Gasteiger partial charge in [0.25, 0.3) is 5.69 Å². The molecule has 7 nitrogen and oxygen atoms in total. The second-order valence-corrected chi connectivity index (χ2v) is 7.61. The SMILES string of the molecule is CCCN(C1CCNCC1)S(=O)(=O)c1cccc([N+](=O)[O-])c1C.Cl. The molecule has 1 aromatic rings. The van der Waals surface area contributed by atoms with Crippen LogP contribution in [0.1, 0.15) is 31.7 Å². The number of nitro benzene ring substituents is 1. The summed E-state index contributed by atoms with van der Waals surface area (Å²) in [5, 5.41) is 14.3. The summed E-state index contributed by atoms with van der Waals surface area (Å²) in [6, 6.07) is 4.18. The van der Waals surface area contributed by atoms with Crippen LogP contribution in [0.25, 0.3) is 0 Å². The molecule has 0 aliphatic carbocycles. The summed E-state index contributed by atoms with van der Waals surface area (Å²) in [4.78, 5) is 10.6. The van der Waals surface area contributed by atoms with E-state index in [-0.39, 0.29) is 34.6 Å². The van der Waals surface area contributed by atoms with E-state index in [0.29, 0.717) is 13.0 Å². The number of nitrogens with zero attached hydrogens (tertiary/aromatic N) is 2. The molecule has 0 amide bonds. The number of piperidine rings is 1. The van der Waals surface area contributed by atoms with E-state index in [4.69, 9.17) is 0 Å². The highest BCUT2D eigenvalue weighted by molar-refractivity contribution is 7.89. The van der Waals surface area contributed by atoms with Crippen LogP contribution in [0, 0.1) is 17.0 Å². The van der Waals surface area contributed by atoms with Crippen LogP contribution in [-0.2, 0) is 10.0 Å². The van der Waals surface area contributed by atoms with E-state index in [1.54, 1.807) is 0 Å². The molecule has 1 saturated heterocycles. The number of sulfonamides is 1. The van der Waals surface area contributed by atoms with Crippen LogP contribution in [0.2, 0.25) is 0 Å². The Hall–Kier alpha value is -1.22. The predicted octanol–water partition coefficient (Wildman–Crippen LogP) is 2.48. The van der Waals surface area contributed by atoms with Crippen molar-refractivity contribution in [3.05, 3.63) is 33.9 Å². The molecule has 1 N–H and O–H groups in total. The van der Waals surface area contributed by atoms with Crippen molar-refractivity contribution in [1.29, 1.82) is 0 Å². The Kier molecular flexibility index (Phi) is 7.59. The maximum absolute atomic E-state index is 13.1. The molecule has 1 aliphatic rings. The maximum atomic E-state index is 13.1. The third-order valence-electron chi connectivity index (χ3n) is 4.20. The van der Waals surface area contributed by atoms with Crippen LogP contribution in [0.5, 0.6) is 0 Å². The third-order valence-corrected chi connectivity index (χ3v) is 6.30. The molecule has 24 heavy (non-hydrogen) atoms. The van der Waals surface area contributed by atoms with Crippen LogP contribution in [0.3, 0.4) is 0 Å². The van der Waals surface area contributed by atoms with E-state index in [2.05, 4.69) is 5.32 Å². The number of halogens is 1. The van der Waals surface area contributed by atoms with E-state index in [1.807, 2.05) is 6.92 Å². The Balaban J connectivity index is 0.00000288. The molecule has 0 spiro atoms. The molecule has 0 aromatic heterocycles. The van der Waals surface area contributed by atoms with Gasteiger partial charge in [-0.25, -0.2) is 8.42 Å². The Labute approximate surface area is 149 Å². The summed E-state index contributed by atoms with van der Waals surface area (Å²) in [5.74, 6) is 0. The Morgan fingerprint density at radius 3 is 2.50 bits per heavy atom. The molecule has 1 aromatic carbocycles. The molecule has 2 rings (SSSR count). The minimum atomic E-state index is -3.75. The van der Waals surface area contributed by atoms with Crippen molar-refractivity contribution < 1.29 is 13.3 Å². The number of hydrogen-bond donors (Lipinski definition) is 1. The summed E-state index contributed by atoms with van der Waals surface area (Å²) in [6.07, 6.45) is 2.22. The zero-order chi connectivity index (χ0) is 17.0. The van der Waals surface area contributed by atoms with Crippen molar-refractivity contribution in [3.63, 3.8) is 0 Å². The maximum Gasteiger partial charge on any atom is 0.273 e. The van der Waals surface area contributed by atoms with Crippen molar-refractivity contribution in [2.45, 2.75) is 44.0 Å². The Bertz CT molecular complexity index is 675. The summed E-state index contributed by atoms with van der Waals surface area (Å²) in [7, 11) is -3.75. The molecule has 0 bridgehead atoms. The van der Waals surface area contributed by atoms with Crippen LogP contribution < -0.4 is 5.32 Å². The van der Waals surface area contributed by atoms with Gasteiger partial charge in [-0.3, -0.25) is 10.1 Å². The molecule has 9 heteroatoms. The first-order valence-corrected chi connectivity index (χ1v) is 9.30. The fourth-order valence-corrected chi connectivity index (χ4v) is 5.04. The molecule has 1 fully saturated rings. The van der Waals surface area contributed by atoms with Gasteiger partial charge in [0.15, 0.2) is 0 Å². The van der Waals surface area contributed by atoms with E-state index in [1.165, 1.54) is 29.4 Å². The molecule has 1 aliphatic heterocycles. The van der Waals surface area contributed by atoms with Gasteiger partial charge in [0.1, 0.15) is 0 Å². The zero-order valence-electron chi connectivity index (χ0n) is 13.9. The molecular formula is C15H24ClN3O4S. The lowest BCUT2D eigenvalue weighted by molar-refractivity contribution is -0.385. The summed E-state index contributed by atoms with van der Waals surface area (Å²) in [6.45, 7) is 5.43. The highest BCUT2D eigenvalue weighted by Crippen LogP contribution is 2.29. The van der Waals surface area contributed by atoms with Crippen molar-refractivity contribution in [2.24, 2.45) is 0 Å². The number of benzene rings is 1. The number of nitro groups is 1. The van der Waals surface area contributed by atoms with Crippen molar-refractivity contribution in [3.8, 4) is 0 Å². The highest BCUT2D eigenvalue weighted by Gasteiger charge is 2.34. The normalized spacial score (nSPS) is 16.0. The van der Waals surface area contributed by atoms with Crippen molar-refractivity contribution in [1.82, 2.24) is 9.62 Å². The quantitative estimate of drug-likeness (QED) is 0.607. The van der Waals surface area contributed by atoms with Gasteiger partial charge in [-0.1, -0.05) is 13.0 Å². The average Bonchev–Trinajstić information content (AvgIpc) is 2.53. The van der Waals surface area contributed by atoms with Crippen LogP contribution in [0.15, 0.2) is 23.1 Å². The highest BCUT2D eigenvalue weighted by atomic mass is 35.5. The first-order chi connectivity index (χ1) is 10.9. The summed E-state index contributed by atoms with van der Waals surface area (Å²) < 4.78 is 27.7. The minimum absolute atomic E-state index is 0. The van der Waals surface area contributed by atoms with Crippen molar-refractivity contribution in [2.75, 3.05) is 19.6 Å². The summed E-state index contributed by atoms with van der Waals surface area (Å²) in [5.41, 5.74) is 0.0420. The lowest BCUT2D eigenvalue weighted by Crippen LogP contribution is -2.46. The van der Waals surface area contributed by atoms with Crippen LogP contribution in [-0.4, -0.2) is 43.3 Å². The molecule has 0 atom stereocenters. The Morgan fingerprint density at radius 1 is 1.33 bits per heavy atom. The first kappa shape index (κ1) is 20.8. The topological polar surface area (TPSA) is 92.6 Å². The molecule has 0 unspecified atom stereocenters. The van der Waals surface area contributed by atoms with Gasteiger partial charge >= 0.3 is 0 Å². The van der Waals surface area contributed by atoms with Crippen LogP contribution in [0.4, 0.5) is 5.69 Å². The molecule has 1 heterocycles. The van der Waals surface area contributed by atoms with E-state index in [9.17, 15) is 18.5 Å². The van der Waals surface area contributed by atoms with Gasteiger partial charge in [-0.15, -0.1) is 12.4 Å². The van der Waals surface area contributed by atoms with E-state index < -0.39 is 14.9 Å². The van der Waals surface area contributed by atoms with E-state index >= 15 is 0 Å². The fourth-order valence-electron chi connectivity index (χ4n) is 3.02. The van der Waals surface area contributed by atoms with Crippen molar-refractivity contribution >= 4 is 28.1 Å². The Morgan fingerprint density at radius 2 is 1.96 bits per heavy atom. The second-order valence-electron chi connectivity index (χ2n) is 5.75. The first-order valence-electron chi connectivity index (χ1n) is 7.86. The molecular weight excluding hydrogens is 354 g/mol. The average molecular weight is 378 g/mol. The largest absolute Gasteiger partial charge is 0.317 e. The zero-order valence-corrected chi connectivity index (χ0v) is 15.5. The lowest BCUT2D eigenvalue weighted by Gasteiger charge is -2.33. The number of nitrogens with one attached hydrogen (secondary N) is 1. The van der Waals surface area contributed by atoms with Gasteiger partial charge in [-0.2, -0.15) is 4.31 Å². The monoisotopic (exact) mass is 377 g/mol. The smallest absolute Gasteiger partial charge is 0.273 e. The molecule has 0 radical (unpaired) electrons. The second kappa shape index (κ2) is 8.75. The standard InChI is InChI=1S/C15H23N3O4S.ClH/c1-3-11-17(13-7-9-16-10-8-13)23(21,22)15-6-4-5-14(12(15)2)18(19)20;/h4-6,13,16H,3,7-11H2,1-2H3;1H. The molecule has 136 valence electrons. The minimum Gasteiger partial charge on any atom is -0.317 e. The van der Waals surface area contributed by atoms with E-state index in [0.717, 1.165) is 25.9 Å². The van der Waals surface area contributed by atoms with Gasteiger partial charge in [0, 0.05) is 24.2 Å². The van der Waals surface area contributed by atoms with Gasteiger partial charge in [0.2, 0.25) is 10.0 Å². The predicted molar refractivity (Wildman–Crippen MR) is 95.2 cm³/mol. The molecule has 0 saturated carbocycles. The van der Waals surface area contributed by atoms with Gasteiger partial charge in [0.05, 0.1) is 9.82 Å². The third kappa shape index (κ3) is 4.24.